The molecule has 1 saturated heterocycles. The van der Waals surface area contributed by atoms with E-state index in [1.54, 1.807) is 11.3 Å². The Bertz CT molecular complexity index is 497. The first-order chi connectivity index (χ1) is 9.34. The summed E-state index contributed by atoms with van der Waals surface area (Å²) in [6.45, 7) is 2.06. The fraction of sp³-hybridized carbons (Fsp3) is 0.400. The highest BCUT2D eigenvalue weighted by Crippen LogP contribution is 2.32. The van der Waals surface area contributed by atoms with E-state index in [4.69, 9.17) is 5.73 Å². The molecule has 1 aliphatic heterocycles. The zero-order chi connectivity index (χ0) is 13.1. The van der Waals surface area contributed by atoms with Crippen LogP contribution in [-0.2, 0) is 6.54 Å². The van der Waals surface area contributed by atoms with Crippen LogP contribution in [0.15, 0.2) is 41.9 Å². The van der Waals surface area contributed by atoms with Gasteiger partial charge in [-0.05, 0) is 24.9 Å². The Morgan fingerprint density at radius 2 is 2.16 bits per heavy atom. The zero-order valence-corrected chi connectivity index (χ0v) is 11.7. The molecule has 1 aromatic carbocycles. The highest BCUT2D eigenvalue weighted by atomic mass is 32.1. The second-order valence-electron chi connectivity index (χ2n) is 5.08. The molecule has 0 spiro atoms. The second-order valence-corrected chi connectivity index (χ2v) is 6.00. The van der Waals surface area contributed by atoms with Gasteiger partial charge in [0.2, 0.25) is 0 Å². The average molecular weight is 273 g/mol. The van der Waals surface area contributed by atoms with E-state index in [1.807, 2.05) is 11.6 Å². The van der Waals surface area contributed by atoms with Crippen LogP contribution in [0.4, 0.5) is 0 Å². The number of rotatable bonds is 3. The van der Waals surface area contributed by atoms with Gasteiger partial charge in [-0.25, -0.2) is 4.98 Å². The number of nitrogens with two attached hydrogens (primary N) is 1. The Hall–Kier alpha value is -1.23. The first-order valence-electron chi connectivity index (χ1n) is 6.77. The fourth-order valence-corrected chi connectivity index (χ4v) is 3.66. The lowest BCUT2D eigenvalue weighted by Crippen LogP contribution is -2.45. The van der Waals surface area contributed by atoms with Crippen molar-refractivity contribution in [2.45, 2.75) is 31.5 Å². The van der Waals surface area contributed by atoms with E-state index >= 15 is 0 Å². The normalized spacial score (nSPS) is 24.5. The third-order valence-corrected chi connectivity index (χ3v) is 4.56. The van der Waals surface area contributed by atoms with Crippen LogP contribution in [0.1, 0.15) is 29.5 Å². The smallest absolute Gasteiger partial charge is 0.111 e. The summed E-state index contributed by atoms with van der Waals surface area (Å²) in [5, 5.41) is 3.19. The molecule has 2 unspecified atom stereocenters. The van der Waals surface area contributed by atoms with E-state index in [9.17, 15) is 0 Å². The van der Waals surface area contributed by atoms with Crippen molar-refractivity contribution in [3.05, 3.63) is 52.5 Å². The standard InChI is InChI=1S/C15H19N3S/c16-13-7-4-9-18(11-12-5-2-1-3-6-12)14(13)15-17-8-10-19-15/h1-3,5-6,8,10,13-14H,4,7,9,11,16H2. The van der Waals surface area contributed by atoms with Crippen LogP contribution in [0, 0.1) is 0 Å². The summed E-state index contributed by atoms with van der Waals surface area (Å²) >= 11 is 1.71. The Labute approximate surface area is 118 Å². The molecule has 100 valence electrons. The third-order valence-electron chi connectivity index (χ3n) is 3.71. The van der Waals surface area contributed by atoms with Gasteiger partial charge in [0.15, 0.2) is 0 Å². The van der Waals surface area contributed by atoms with Crippen molar-refractivity contribution < 1.29 is 0 Å². The Balaban J connectivity index is 1.81. The van der Waals surface area contributed by atoms with Crippen molar-refractivity contribution in [1.29, 1.82) is 0 Å². The van der Waals surface area contributed by atoms with Crippen LogP contribution < -0.4 is 5.73 Å². The van der Waals surface area contributed by atoms with E-state index in [2.05, 4.69) is 40.2 Å². The predicted octanol–water partition coefficient (Wildman–Crippen LogP) is 2.81. The highest BCUT2D eigenvalue weighted by Gasteiger charge is 2.31. The zero-order valence-electron chi connectivity index (χ0n) is 10.9. The van der Waals surface area contributed by atoms with Crippen molar-refractivity contribution in [3.8, 4) is 0 Å². The molecule has 0 amide bonds. The third kappa shape index (κ3) is 2.86. The molecular formula is C15H19N3S. The molecule has 2 N–H and O–H groups in total. The lowest BCUT2D eigenvalue weighted by Gasteiger charge is -2.38. The molecule has 1 aromatic heterocycles. The first kappa shape index (κ1) is 12.8. The molecule has 4 heteroatoms. The molecule has 0 saturated carbocycles. The van der Waals surface area contributed by atoms with Gasteiger partial charge in [-0.3, -0.25) is 4.90 Å². The van der Waals surface area contributed by atoms with Crippen LogP contribution in [0.3, 0.4) is 0 Å². The lowest BCUT2D eigenvalue weighted by molar-refractivity contribution is 0.120. The number of aromatic nitrogens is 1. The van der Waals surface area contributed by atoms with Gasteiger partial charge in [-0.2, -0.15) is 0 Å². The quantitative estimate of drug-likeness (QED) is 0.935. The number of thiazole rings is 1. The largest absolute Gasteiger partial charge is 0.326 e. The van der Waals surface area contributed by atoms with Gasteiger partial charge in [0, 0.05) is 24.2 Å². The van der Waals surface area contributed by atoms with Crippen LogP contribution in [0.2, 0.25) is 0 Å². The maximum Gasteiger partial charge on any atom is 0.111 e. The molecule has 1 fully saturated rings. The van der Waals surface area contributed by atoms with Crippen LogP contribution >= 0.6 is 11.3 Å². The van der Waals surface area contributed by atoms with Gasteiger partial charge in [0.05, 0.1) is 6.04 Å². The molecule has 2 atom stereocenters. The lowest BCUT2D eigenvalue weighted by atomic mass is 9.96. The average Bonchev–Trinajstić information content (AvgIpc) is 2.94. The van der Waals surface area contributed by atoms with Crippen molar-refractivity contribution >= 4 is 11.3 Å². The van der Waals surface area contributed by atoms with E-state index in [0.717, 1.165) is 24.5 Å². The maximum absolute atomic E-state index is 6.34. The van der Waals surface area contributed by atoms with Crippen LogP contribution in [0.25, 0.3) is 0 Å². The molecule has 1 aliphatic rings. The van der Waals surface area contributed by atoms with Gasteiger partial charge in [-0.15, -0.1) is 11.3 Å². The summed E-state index contributed by atoms with van der Waals surface area (Å²) in [6.07, 6.45) is 4.15. The van der Waals surface area contributed by atoms with Crippen molar-refractivity contribution in [2.24, 2.45) is 5.73 Å². The van der Waals surface area contributed by atoms with E-state index in [-0.39, 0.29) is 12.1 Å². The first-order valence-corrected chi connectivity index (χ1v) is 7.65. The summed E-state index contributed by atoms with van der Waals surface area (Å²) in [4.78, 5) is 6.95. The number of hydrogen-bond acceptors (Lipinski definition) is 4. The summed E-state index contributed by atoms with van der Waals surface area (Å²) in [6, 6.07) is 11.1. The topological polar surface area (TPSA) is 42.1 Å². The molecule has 3 nitrogen and oxygen atoms in total. The van der Waals surface area contributed by atoms with Crippen molar-refractivity contribution in [1.82, 2.24) is 9.88 Å². The summed E-state index contributed by atoms with van der Waals surface area (Å²) < 4.78 is 0. The van der Waals surface area contributed by atoms with Crippen molar-refractivity contribution in [2.75, 3.05) is 6.54 Å². The number of piperidine rings is 1. The number of benzene rings is 1. The second kappa shape index (κ2) is 5.82. The van der Waals surface area contributed by atoms with Crippen LogP contribution in [-0.4, -0.2) is 22.5 Å². The molecule has 19 heavy (non-hydrogen) atoms. The Morgan fingerprint density at radius 3 is 2.89 bits per heavy atom. The SMILES string of the molecule is NC1CCCN(Cc2ccccc2)C1c1nccs1. The Morgan fingerprint density at radius 1 is 1.32 bits per heavy atom. The van der Waals surface area contributed by atoms with Crippen molar-refractivity contribution in [3.63, 3.8) is 0 Å². The molecular weight excluding hydrogens is 254 g/mol. The monoisotopic (exact) mass is 273 g/mol. The summed E-state index contributed by atoms with van der Waals surface area (Å²) in [7, 11) is 0. The minimum atomic E-state index is 0.198. The Kier molecular flexibility index (Phi) is 3.92. The summed E-state index contributed by atoms with van der Waals surface area (Å²) in [5.41, 5.74) is 7.68. The van der Waals surface area contributed by atoms with E-state index in [1.165, 1.54) is 12.0 Å². The van der Waals surface area contributed by atoms with Gasteiger partial charge in [-0.1, -0.05) is 30.3 Å². The molecule has 3 rings (SSSR count). The fourth-order valence-electron chi connectivity index (χ4n) is 2.81. The van der Waals surface area contributed by atoms with Crippen LogP contribution in [0.5, 0.6) is 0 Å². The molecule has 0 aliphatic carbocycles. The molecule has 0 radical (unpaired) electrons. The van der Waals surface area contributed by atoms with E-state index in [0.29, 0.717) is 0 Å². The van der Waals surface area contributed by atoms with Gasteiger partial charge in [0.25, 0.3) is 0 Å². The minimum Gasteiger partial charge on any atom is -0.326 e. The number of hydrogen-bond donors (Lipinski definition) is 1. The molecule has 2 aromatic rings. The van der Waals surface area contributed by atoms with Gasteiger partial charge in [0.1, 0.15) is 5.01 Å². The van der Waals surface area contributed by atoms with Gasteiger partial charge < -0.3 is 5.73 Å². The van der Waals surface area contributed by atoms with Gasteiger partial charge >= 0.3 is 0 Å². The highest BCUT2D eigenvalue weighted by molar-refractivity contribution is 7.09. The molecule has 0 bridgehead atoms. The summed E-state index contributed by atoms with van der Waals surface area (Å²) in [5.74, 6) is 0. The van der Waals surface area contributed by atoms with E-state index < -0.39 is 0 Å². The molecule has 2 heterocycles. The predicted molar refractivity (Wildman–Crippen MR) is 78.9 cm³/mol. The number of likely N-dealkylation sites (tertiary alicyclic amines) is 1. The maximum atomic E-state index is 6.34. The minimum absolute atomic E-state index is 0.198. The number of nitrogens with zero attached hydrogens (tertiary/aromatic N) is 2.